The summed E-state index contributed by atoms with van der Waals surface area (Å²) in [6, 6.07) is 0. The Kier molecular flexibility index (Phi) is 11.7. The van der Waals surface area contributed by atoms with Gasteiger partial charge in [-0.3, -0.25) is 5.10 Å². The predicted octanol–water partition coefficient (Wildman–Crippen LogP) is 5.41. The monoisotopic (exact) mass is 308 g/mol. The maximum absolute atomic E-state index is 5.48. The van der Waals surface area contributed by atoms with Gasteiger partial charge in [0.1, 0.15) is 5.82 Å². The molecule has 1 aromatic rings. The molecule has 3 N–H and O–H groups in total. The van der Waals surface area contributed by atoms with Gasteiger partial charge >= 0.3 is 0 Å². The van der Waals surface area contributed by atoms with Crippen LogP contribution >= 0.6 is 0 Å². The highest BCUT2D eigenvalue weighted by molar-refractivity contribution is 5.12. The molecular weight excluding hydrogens is 272 g/mol. The fraction of sp³-hybridized carbons (Fsp3) is 0.889. The smallest absolute Gasteiger partial charge is 0.239 e. The van der Waals surface area contributed by atoms with Crippen molar-refractivity contribution < 1.29 is 0 Å². The first-order chi connectivity index (χ1) is 10.8. The number of nitrogens with two attached hydrogens (primary N) is 1. The number of aromatic nitrogens is 3. The highest BCUT2D eigenvalue weighted by Crippen LogP contribution is 2.13. The van der Waals surface area contributed by atoms with Gasteiger partial charge in [0.25, 0.3) is 0 Å². The number of unbranched alkanes of at least 4 members (excludes halogenated alkanes) is 13. The number of anilines is 1. The third-order valence-electron chi connectivity index (χ3n) is 4.32. The van der Waals surface area contributed by atoms with E-state index in [1.54, 1.807) is 0 Å². The molecule has 4 heteroatoms. The molecule has 4 nitrogen and oxygen atoms in total. The Morgan fingerprint density at radius 2 is 1.18 bits per heavy atom. The van der Waals surface area contributed by atoms with E-state index in [1.807, 2.05) is 0 Å². The molecule has 0 aromatic carbocycles. The number of hydrogen-bond donors (Lipinski definition) is 2. The van der Waals surface area contributed by atoms with Crippen molar-refractivity contribution in [1.82, 2.24) is 15.2 Å². The number of aryl methyl sites for hydroxylation is 1. The molecule has 0 bridgehead atoms. The summed E-state index contributed by atoms with van der Waals surface area (Å²) in [5.41, 5.74) is 5.48. The van der Waals surface area contributed by atoms with Gasteiger partial charge in [-0.25, -0.2) is 0 Å². The predicted molar refractivity (Wildman–Crippen MR) is 94.8 cm³/mol. The van der Waals surface area contributed by atoms with Crippen LogP contribution in [0.1, 0.15) is 103 Å². The van der Waals surface area contributed by atoms with E-state index in [2.05, 4.69) is 22.1 Å². The van der Waals surface area contributed by atoms with Crippen molar-refractivity contribution in [2.24, 2.45) is 0 Å². The normalized spacial score (nSPS) is 11.1. The molecule has 1 rings (SSSR count). The lowest BCUT2D eigenvalue weighted by atomic mass is 10.0. The van der Waals surface area contributed by atoms with E-state index >= 15 is 0 Å². The molecule has 0 aliphatic heterocycles. The van der Waals surface area contributed by atoms with Crippen LogP contribution in [-0.4, -0.2) is 15.2 Å². The van der Waals surface area contributed by atoms with Crippen molar-refractivity contribution in [3.63, 3.8) is 0 Å². The van der Waals surface area contributed by atoms with Gasteiger partial charge in [0.2, 0.25) is 5.95 Å². The molecule has 1 aromatic heterocycles. The Hall–Kier alpha value is -1.06. The fourth-order valence-corrected chi connectivity index (χ4v) is 2.91. The molecule has 0 atom stereocenters. The van der Waals surface area contributed by atoms with Gasteiger partial charge < -0.3 is 5.73 Å². The Bertz CT molecular complexity index is 349. The van der Waals surface area contributed by atoms with Gasteiger partial charge in [0, 0.05) is 6.42 Å². The third kappa shape index (κ3) is 10.6. The topological polar surface area (TPSA) is 67.6 Å². The molecule has 1 heterocycles. The number of hydrogen-bond acceptors (Lipinski definition) is 3. The number of nitrogen functional groups attached to an aromatic ring is 1. The number of rotatable bonds is 15. The summed E-state index contributed by atoms with van der Waals surface area (Å²) in [5, 5.41) is 6.71. The SMILES string of the molecule is CCCCCCCCCCCCCCCCc1nc(N)n[nH]1. The zero-order valence-electron chi connectivity index (χ0n) is 14.6. The van der Waals surface area contributed by atoms with Crippen LogP contribution in [0.5, 0.6) is 0 Å². The molecule has 0 saturated heterocycles. The molecule has 0 fully saturated rings. The minimum atomic E-state index is 0.361. The standard InChI is InChI=1S/C18H36N4/c1-2-3-4-5-6-7-8-9-10-11-12-13-14-15-16-17-20-18(19)22-21-17/h2-16H2,1H3,(H3,19,20,21,22). The second kappa shape index (κ2) is 13.6. The minimum Gasteiger partial charge on any atom is -0.367 e. The Balaban J connectivity index is 1.73. The quantitative estimate of drug-likeness (QED) is 0.426. The van der Waals surface area contributed by atoms with Crippen molar-refractivity contribution in [2.75, 3.05) is 5.73 Å². The molecule has 0 unspecified atom stereocenters. The molecular formula is C18H36N4. The van der Waals surface area contributed by atoms with E-state index in [1.165, 1.54) is 89.9 Å². The summed E-state index contributed by atoms with van der Waals surface area (Å²) in [6.07, 6.45) is 20.5. The van der Waals surface area contributed by atoms with E-state index in [9.17, 15) is 0 Å². The lowest BCUT2D eigenvalue weighted by Gasteiger charge is -2.03. The molecule has 0 saturated carbocycles. The lowest BCUT2D eigenvalue weighted by Crippen LogP contribution is -1.90. The van der Waals surface area contributed by atoms with Crippen molar-refractivity contribution in [1.29, 1.82) is 0 Å². The fourth-order valence-electron chi connectivity index (χ4n) is 2.91. The second-order valence-corrected chi connectivity index (χ2v) is 6.49. The van der Waals surface area contributed by atoms with Crippen LogP contribution < -0.4 is 5.73 Å². The minimum absolute atomic E-state index is 0.361. The number of H-pyrrole nitrogens is 1. The third-order valence-corrected chi connectivity index (χ3v) is 4.32. The first-order valence-electron chi connectivity index (χ1n) is 9.49. The zero-order chi connectivity index (χ0) is 15.9. The van der Waals surface area contributed by atoms with E-state index in [4.69, 9.17) is 5.73 Å². The van der Waals surface area contributed by atoms with Crippen LogP contribution in [-0.2, 0) is 6.42 Å². The summed E-state index contributed by atoms with van der Waals surface area (Å²) in [6.45, 7) is 2.28. The van der Waals surface area contributed by atoms with Crippen molar-refractivity contribution in [3.8, 4) is 0 Å². The maximum Gasteiger partial charge on any atom is 0.239 e. The maximum atomic E-state index is 5.48. The molecule has 0 radical (unpaired) electrons. The van der Waals surface area contributed by atoms with Crippen molar-refractivity contribution in [2.45, 2.75) is 103 Å². The highest BCUT2D eigenvalue weighted by Gasteiger charge is 1.99. The molecule has 0 aliphatic carbocycles. The first-order valence-corrected chi connectivity index (χ1v) is 9.49. The van der Waals surface area contributed by atoms with E-state index in [0.717, 1.165) is 12.2 Å². The van der Waals surface area contributed by atoms with Gasteiger partial charge in [0.15, 0.2) is 0 Å². The number of nitrogens with one attached hydrogen (secondary N) is 1. The van der Waals surface area contributed by atoms with Gasteiger partial charge in [-0.05, 0) is 6.42 Å². The van der Waals surface area contributed by atoms with Crippen LogP contribution in [0.3, 0.4) is 0 Å². The Morgan fingerprint density at radius 3 is 1.59 bits per heavy atom. The second-order valence-electron chi connectivity index (χ2n) is 6.49. The summed E-state index contributed by atoms with van der Waals surface area (Å²) in [5.74, 6) is 1.29. The molecule has 0 aliphatic rings. The number of aromatic amines is 1. The zero-order valence-corrected chi connectivity index (χ0v) is 14.6. The van der Waals surface area contributed by atoms with Crippen molar-refractivity contribution >= 4 is 5.95 Å². The van der Waals surface area contributed by atoms with E-state index in [0.29, 0.717) is 5.95 Å². The van der Waals surface area contributed by atoms with Gasteiger partial charge in [-0.2, -0.15) is 4.98 Å². The molecule has 128 valence electrons. The summed E-state index contributed by atoms with van der Waals surface area (Å²) >= 11 is 0. The molecule has 0 amide bonds. The van der Waals surface area contributed by atoms with Crippen LogP contribution in [0, 0.1) is 0 Å². The average molecular weight is 309 g/mol. The lowest BCUT2D eigenvalue weighted by molar-refractivity contribution is 0.534. The Labute approximate surface area is 136 Å². The summed E-state index contributed by atoms with van der Waals surface area (Å²) < 4.78 is 0. The Morgan fingerprint density at radius 1 is 0.727 bits per heavy atom. The summed E-state index contributed by atoms with van der Waals surface area (Å²) in [7, 11) is 0. The van der Waals surface area contributed by atoms with E-state index < -0.39 is 0 Å². The van der Waals surface area contributed by atoms with E-state index in [-0.39, 0.29) is 0 Å². The largest absolute Gasteiger partial charge is 0.367 e. The highest BCUT2D eigenvalue weighted by atomic mass is 15.3. The summed E-state index contributed by atoms with van der Waals surface area (Å²) in [4.78, 5) is 4.12. The van der Waals surface area contributed by atoms with Gasteiger partial charge in [0.05, 0.1) is 0 Å². The first kappa shape index (κ1) is 19.0. The van der Waals surface area contributed by atoms with Crippen LogP contribution in [0.25, 0.3) is 0 Å². The number of nitrogens with zero attached hydrogens (tertiary/aromatic N) is 2. The van der Waals surface area contributed by atoms with Gasteiger partial charge in [-0.15, -0.1) is 5.10 Å². The van der Waals surface area contributed by atoms with Crippen LogP contribution in [0.15, 0.2) is 0 Å². The van der Waals surface area contributed by atoms with Crippen LogP contribution in [0.4, 0.5) is 5.95 Å². The molecule has 22 heavy (non-hydrogen) atoms. The molecule has 0 spiro atoms. The van der Waals surface area contributed by atoms with Crippen molar-refractivity contribution in [3.05, 3.63) is 5.82 Å². The van der Waals surface area contributed by atoms with Gasteiger partial charge in [-0.1, -0.05) is 90.4 Å². The average Bonchev–Trinajstić information content (AvgIpc) is 2.93. The van der Waals surface area contributed by atoms with Crippen LogP contribution in [0.2, 0.25) is 0 Å².